The maximum absolute atomic E-state index is 10.5. The fourth-order valence-electron chi connectivity index (χ4n) is 3.32. The normalized spacial score (nSPS) is 18.9. The van der Waals surface area contributed by atoms with Crippen LogP contribution in [0.4, 0.5) is 0 Å². The van der Waals surface area contributed by atoms with Gasteiger partial charge in [0.05, 0.1) is 11.6 Å². The van der Waals surface area contributed by atoms with E-state index in [9.17, 15) is 5.11 Å². The second-order valence-electron chi connectivity index (χ2n) is 6.07. The zero-order chi connectivity index (χ0) is 13.8. The number of rotatable bonds is 3. The molecule has 0 aliphatic heterocycles. The fourth-order valence-corrected chi connectivity index (χ4v) is 3.32. The van der Waals surface area contributed by atoms with E-state index in [4.69, 9.17) is 0 Å². The number of nitrogens with zero attached hydrogens (tertiary/aromatic N) is 1. The van der Waals surface area contributed by atoms with Crippen LogP contribution in [0.15, 0.2) is 36.5 Å². The summed E-state index contributed by atoms with van der Waals surface area (Å²) in [5, 5.41) is 11.6. The van der Waals surface area contributed by atoms with Crippen molar-refractivity contribution < 1.29 is 5.11 Å². The van der Waals surface area contributed by atoms with Gasteiger partial charge in [-0.1, -0.05) is 56.7 Å². The molecule has 2 heteroatoms. The molecule has 1 saturated carbocycles. The molecule has 0 radical (unpaired) electrons. The van der Waals surface area contributed by atoms with Gasteiger partial charge in [-0.2, -0.15) is 0 Å². The Bertz CT molecular complexity index is 558. The highest BCUT2D eigenvalue weighted by molar-refractivity contribution is 5.78. The highest BCUT2D eigenvalue weighted by Gasteiger charge is 2.18. The lowest BCUT2D eigenvalue weighted by Gasteiger charge is -2.18. The predicted molar refractivity (Wildman–Crippen MR) is 82.5 cm³/mol. The number of fused-ring (bicyclic) bond motifs is 1. The van der Waals surface area contributed by atoms with Crippen molar-refractivity contribution in [3.05, 3.63) is 42.1 Å². The Labute approximate surface area is 120 Å². The highest BCUT2D eigenvalue weighted by atomic mass is 16.3. The van der Waals surface area contributed by atoms with E-state index in [1.165, 1.54) is 38.5 Å². The summed E-state index contributed by atoms with van der Waals surface area (Å²) in [4.78, 5) is 4.45. The van der Waals surface area contributed by atoms with E-state index in [2.05, 4.69) is 17.1 Å². The number of hydrogen-bond donors (Lipinski definition) is 1. The van der Waals surface area contributed by atoms with Crippen molar-refractivity contribution >= 4 is 10.9 Å². The van der Waals surface area contributed by atoms with Crippen molar-refractivity contribution in [2.45, 2.75) is 51.0 Å². The van der Waals surface area contributed by atoms with Gasteiger partial charge < -0.3 is 5.11 Å². The van der Waals surface area contributed by atoms with Crippen LogP contribution < -0.4 is 0 Å². The first-order valence-electron chi connectivity index (χ1n) is 7.86. The highest BCUT2D eigenvalue weighted by Crippen LogP contribution is 2.31. The van der Waals surface area contributed by atoms with Crippen LogP contribution in [0.1, 0.15) is 56.6 Å². The molecular formula is C18H23NO. The summed E-state index contributed by atoms with van der Waals surface area (Å²) in [6, 6.07) is 10.2. The smallest absolute Gasteiger partial charge is 0.0807 e. The Hall–Kier alpha value is -1.41. The maximum Gasteiger partial charge on any atom is 0.0807 e. The minimum absolute atomic E-state index is 0.366. The molecule has 1 fully saturated rings. The van der Waals surface area contributed by atoms with E-state index in [-0.39, 0.29) is 6.10 Å². The first kappa shape index (κ1) is 13.6. The van der Waals surface area contributed by atoms with Gasteiger partial charge >= 0.3 is 0 Å². The molecule has 106 valence electrons. The Balaban J connectivity index is 1.72. The molecule has 20 heavy (non-hydrogen) atoms. The van der Waals surface area contributed by atoms with Gasteiger partial charge in [0.15, 0.2) is 0 Å². The number of aliphatic hydroxyl groups is 1. The Morgan fingerprint density at radius 1 is 1.10 bits per heavy atom. The molecule has 3 rings (SSSR count). The third-order valence-electron chi connectivity index (χ3n) is 4.53. The van der Waals surface area contributed by atoms with Crippen LogP contribution >= 0.6 is 0 Å². The molecule has 2 aromatic rings. The maximum atomic E-state index is 10.5. The number of aromatic nitrogens is 1. The van der Waals surface area contributed by atoms with Crippen LogP contribution in [0.25, 0.3) is 10.9 Å². The molecule has 0 bridgehead atoms. The van der Waals surface area contributed by atoms with Crippen molar-refractivity contribution in [3.8, 4) is 0 Å². The molecule has 0 spiro atoms. The predicted octanol–water partition coefficient (Wildman–Crippen LogP) is 4.63. The minimum Gasteiger partial charge on any atom is -0.388 e. The van der Waals surface area contributed by atoms with E-state index in [0.717, 1.165) is 22.9 Å². The van der Waals surface area contributed by atoms with Crippen LogP contribution in [0, 0.1) is 5.92 Å². The molecule has 1 aliphatic carbocycles. The summed E-state index contributed by atoms with van der Waals surface area (Å²) in [6.07, 6.45) is 10.3. The number of benzene rings is 1. The second-order valence-corrected chi connectivity index (χ2v) is 6.07. The van der Waals surface area contributed by atoms with E-state index in [0.29, 0.717) is 5.92 Å². The van der Waals surface area contributed by atoms with Gasteiger partial charge in [-0.15, -0.1) is 0 Å². The van der Waals surface area contributed by atoms with E-state index < -0.39 is 0 Å². The zero-order valence-corrected chi connectivity index (χ0v) is 12.0. The largest absolute Gasteiger partial charge is 0.388 e. The van der Waals surface area contributed by atoms with Crippen LogP contribution in [0.5, 0.6) is 0 Å². The summed E-state index contributed by atoms with van der Waals surface area (Å²) in [6.45, 7) is 0. The Morgan fingerprint density at radius 2 is 1.85 bits per heavy atom. The van der Waals surface area contributed by atoms with Crippen molar-refractivity contribution in [2.75, 3.05) is 0 Å². The van der Waals surface area contributed by atoms with Crippen molar-refractivity contribution in [2.24, 2.45) is 5.92 Å². The first-order valence-corrected chi connectivity index (χ1v) is 7.86. The summed E-state index contributed by atoms with van der Waals surface area (Å²) < 4.78 is 0. The van der Waals surface area contributed by atoms with Gasteiger partial charge in [0.2, 0.25) is 0 Å². The topological polar surface area (TPSA) is 33.1 Å². The lowest BCUT2D eigenvalue weighted by atomic mass is 9.91. The lowest BCUT2D eigenvalue weighted by Crippen LogP contribution is -2.07. The average molecular weight is 269 g/mol. The number of hydrogen-bond acceptors (Lipinski definition) is 2. The van der Waals surface area contributed by atoms with Crippen LogP contribution in [0.3, 0.4) is 0 Å². The summed E-state index contributed by atoms with van der Waals surface area (Å²) >= 11 is 0. The third kappa shape index (κ3) is 3.18. The zero-order valence-electron chi connectivity index (χ0n) is 12.0. The standard InChI is InChI=1S/C18H23NO/c20-18(11-14-7-3-1-2-4-8-14)16-12-15-9-5-6-10-17(15)19-13-16/h5-6,9-10,12-14,18,20H,1-4,7-8,11H2. The quantitative estimate of drug-likeness (QED) is 0.824. The van der Waals surface area contributed by atoms with Crippen LogP contribution in [-0.2, 0) is 0 Å². The molecule has 1 aromatic carbocycles. The Morgan fingerprint density at radius 3 is 2.65 bits per heavy atom. The van der Waals surface area contributed by atoms with Crippen molar-refractivity contribution in [3.63, 3.8) is 0 Å². The van der Waals surface area contributed by atoms with E-state index in [1.54, 1.807) is 0 Å². The minimum atomic E-state index is -0.366. The van der Waals surface area contributed by atoms with E-state index in [1.807, 2.05) is 24.4 Å². The lowest BCUT2D eigenvalue weighted by molar-refractivity contribution is 0.139. The molecule has 0 saturated heterocycles. The first-order chi connectivity index (χ1) is 9.83. The third-order valence-corrected chi connectivity index (χ3v) is 4.53. The van der Waals surface area contributed by atoms with Crippen LogP contribution in [0.2, 0.25) is 0 Å². The second kappa shape index (κ2) is 6.36. The summed E-state index contributed by atoms with van der Waals surface area (Å²) in [7, 11) is 0. The van der Waals surface area contributed by atoms with E-state index >= 15 is 0 Å². The molecule has 1 aliphatic rings. The molecular weight excluding hydrogens is 246 g/mol. The number of pyridine rings is 1. The van der Waals surface area contributed by atoms with Crippen molar-refractivity contribution in [1.29, 1.82) is 0 Å². The van der Waals surface area contributed by atoms with Crippen molar-refractivity contribution in [1.82, 2.24) is 4.98 Å². The molecule has 1 heterocycles. The summed E-state index contributed by atoms with van der Waals surface area (Å²) in [5.41, 5.74) is 1.96. The molecule has 1 unspecified atom stereocenters. The SMILES string of the molecule is OC(CC1CCCCCC1)c1cnc2ccccc2c1. The van der Waals surface area contributed by atoms with Gasteiger partial charge in [-0.05, 0) is 30.0 Å². The van der Waals surface area contributed by atoms with Gasteiger partial charge in [-0.25, -0.2) is 0 Å². The van der Waals surface area contributed by atoms with Gasteiger partial charge in [-0.3, -0.25) is 4.98 Å². The average Bonchev–Trinajstić information content (AvgIpc) is 2.75. The number of para-hydroxylation sites is 1. The van der Waals surface area contributed by atoms with Gasteiger partial charge in [0.1, 0.15) is 0 Å². The molecule has 1 atom stereocenters. The fraction of sp³-hybridized carbons (Fsp3) is 0.500. The molecule has 1 aromatic heterocycles. The molecule has 2 nitrogen and oxygen atoms in total. The molecule has 0 amide bonds. The molecule has 1 N–H and O–H groups in total. The van der Waals surface area contributed by atoms with Gasteiger partial charge in [0.25, 0.3) is 0 Å². The summed E-state index contributed by atoms with van der Waals surface area (Å²) in [5.74, 6) is 0.680. The monoisotopic (exact) mass is 269 g/mol. The Kier molecular flexibility index (Phi) is 4.31. The van der Waals surface area contributed by atoms with Crippen LogP contribution in [-0.4, -0.2) is 10.1 Å². The van der Waals surface area contributed by atoms with Gasteiger partial charge in [0, 0.05) is 11.6 Å². The number of aliphatic hydroxyl groups excluding tert-OH is 1.